The zero-order chi connectivity index (χ0) is 27.4. The smallest absolute Gasteiger partial charge is 0.261 e. The maximum Gasteiger partial charge on any atom is 0.261 e. The number of fused-ring (bicyclic) bond motifs is 3. The molecule has 4 aromatic heterocycles. The maximum absolute atomic E-state index is 13.5. The summed E-state index contributed by atoms with van der Waals surface area (Å²) >= 11 is 7.15. The second-order valence-electron chi connectivity index (χ2n) is 10.9. The predicted octanol–water partition coefficient (Wildman–Crippen LogP) is 8.72. The first-order valence-corrected chi connectivity index (χ1v) is 16.7. The quantitative estimate of drug-likeness (QED) is 0.232. The minimum atomic E-state index is -0.107. The third-order valence-electron chi connectivity index (χ3n) is 8.43. The molecule has 0 unspecified atom stereocenters. The molecule has 41 heavy (non-hydrogen) atoms. The first-order valence-electron chi connectivity index (χ1n) is 13.5. The molecule has 0 saturated carbocycles. The van der Waals surface area contributed by atoms with E-state index in [1.807, 2.05) is 41.7 Å². The van der Waals surface area contributed by atoms with Crippen LogP contribution in [0.15, 0.2) is 47.5 Å². The summed E-state index contributed by atoms with van der Waals surface area (Å²) in [6.07, 6.45) is 4.58. The summed E-state index contributed by atoms with van der Waals surface area (Å²) in [7, 11) is 3.57. The number of hydrogen-bond acceptors (Lipinski definition) is 6. The fourth-order valence-electron chi connectivity index (χ4n) is 6.59. The fourth-order valence-corrected chi connectivity index (χ4v) is 11.2. The van der Waals surface area contributed by atoms with Crippen LogP contribution in [0.2, 0.25) is 0 Å². The molecule has 4 aliphatic rings. The van der Waals surface area contributed by atoms with Crippen molar-refractivity contribution in [2.45, 2.75) is 47.0 Å². The Labute approximate surface area is 256 Å². The Hall–Kier alpha value is -3.04. The van der Waals surface area contributed by atoms with Crippen LogP contribution in [0.1, 0.15) is 60.7 Å². The maximum atomic E-state index is 13.5. The molecule has 208 valence electrons. The Bertz CT molecular complexity index is 1900. The van der Waals surface area contributed by atoms with Crippen LogP contribution >= 0.6 is 45.3 Å². The molecule has 0 bridgehead atoms. The van der Waals surface area contributed by atoms with E-state index in [0.717, 1.165) is 45.3 Å². The minimum Gasteiger partial charge on any atom is -0.309 e. The molecule has 0 aromatic carbocycles. The number of thiophene rings is 4. The third-order valence-corrected chi connectivity index (χ3v) is 13.1. The summed E-state index contributed by atoms with van der Waals surface area (Å²) in [5.74, 6) is -0.213. The van der Waals surface area contributed by atoms with Crippen molar-refractivity contribution in [1.29, 1.82) is 0 Å². The van der Waals surface area contributed by atoms with E-state index < -0.39 is 0 Å². The van der Waals surface area contributed by atoms with E-state index in [2.05, 4.69) is 31.2 Å². The van der Waals surface area contributed by atoms with Crippen molar-refractivity contribution in [3.8, 4) is 9.75 Å². The van der Waals surface area contributed by atoms with E-state index in [4.69, 9.17) is 0 Å². The van der Waals surface area contributed by atoms with Crippen molar-refractivity contribution in [2.75, 3.05) is 14.1 Å². The molecule has 4 nitrogen and oxygen atoms in total. The number of rotatable bonds is 3. The Morgan fingerprint density at radius 1 is 0.585 bits per heavy atom. The van der Waals surface area contributed by atoms with E-state index in [1.54, 1.807) is 57.7 Å². The number of nitrogens with zero attached hydrogens (tertiary/aromatic N) is 2. The van der Waals surface area contributed by atoms with Gasteiger partial charge in [-0.3, -0.25) is 9.59 Å². The SMILES string of the molecule is C.Cc1ccc(C2=C3C(=O)N(C)C(c4ccc(-c5cc6c(s5)/C(=C5\CCc7cc(C)sc75)CC6)s4)=C3C(=O)N2C)s1. The van der Waals surface area contributed by atoms with E-state index >= 15 is 0 Å². The number of carbonyl (C=O) groups excluding carboxylic acids is 2. The van der Waals surface area contributed by atoms with E-state index in [9.17, 15) is 9.59 Å². The highest BCUT2D eigenvalue weighted by molar-refractivity contribution is 7.23. The van der Waals surface area contributed by atoms with Gasteiger partial charge in [0, 0.05) is 43.4 Å². The van der Waals surface area contributed by atoms with Crippen LogP contribution in [0, 0.1) is 13.8 Å². The normalized spacial score (nSPS) is 19.6. The highest BCUT2D eigenvalue weighted by Gasteiger charge is 2.47. The topological polar surface area (TPSA) is 40.6 Å². The Morgan fingerprint density at radius 2 is 1.12 bits per heavy atom. The van der Waals surface area contributed by atoms with Crippen molar-refractivity contribution in [3.05, 3.63) is 87.9 Å². The molecular formula is C33H30N2O2S4. The number of allylic oxidation sites excluding steroid dienone is 2. The number of amides is 2. The van der Waals surface area contributed by atoms with Gasteiger partial charge in [-0.25, -0.2) is 0 Å². The highest BCUT2D eigenvalue weighted by atomic mass is 32.1. The van der Waals surface area contributed by atoms with Gasteiger partial charge in [-0.05, 0) is 98.2 Å². The average molecular weight is 615 g/mol. The first-order chi connectivity index (χ1) is 19.3. The van der Waals surface area contributed by atoms with Crippen LogP contribution in [-0.4, -0.2) is 35.7 Å². The first kappa shape index (κ1) is 26.8. The summed E-state index contributed by atoms with van der Waals surface area (Å²) in [4.78, 5) is 40.3. The average Bonchev–Trinajstić information content (AvgIpc) is 3.74. The highest BCUT2D eigenvalue weighted by Crippen LogP contribution is 2.52. The van der Waals surface area contributed by atoms with Crippen molar-refractivity contribution in [1.82, 2.24) is 9.80 Å². The van der Waals surface area contributed by atoms with Gasteiger partial charge in [0.15, 0.2) is 0 Å². The van der Waals surface area contributed by atoms with E-state index in [-0.39, 0.29) is 19.2 Å². The van der Waals surface area contributed by atoms with Gasteiger partial charge < -0.3 is 9.80 Å². The van der Waals surface area contributed by atoms with Gasteiger partial charge >= 0.3 is 0 Å². The lowest BCUT2D eigenvalue weighted by Crippen LogP contribution is -2.24. The molecule has 0 saturated heterocycles. The molecule has 4 aromatic rings. The summed E-state index contributed by atoms with van der Waals surface area (Å²) in [5, 5.41) is 0. The van der Waals surface area contributed by atoms with E-state index in [1.165, 1.54) is 41.9 Å². The standard InChI is InChI=1S/C32H26N2O2S4.CH4/c1-15-5-10-22(37-15)27-25-26(32(36)33(27)3)28(34(4)31(25)35)23-12-11-21(39-23)24-14-18-7-9-20(30(18)40-24)19-8-6-17-13-16(2)38-29(17)19;/h5,10-14H,6-9H2,1-4H3;1H4/b20-19+;. The molecule has 8 heteroatoms. The van der Waals surface area contributed by atoms with Gasteiger partial charge in [0.2, 0.25) is 0 Å². The number of likely N-dealkylation sites (N-methyl/N-ethyl adjacent to an activating group) is 2. The lowest BCUT2D eigenvalue weighted by atomic mass is 10.1. The lowest BCUT2D eigenvalue weighted by Gasteiger charge is -2.18. The molecule has 2 amide bonds. The second-order valence-corrected chi connectivity index (χ2v) is 15.6. The molecule has 2 aliphatic carbocycles. The van der Waals surface area contributed by atoms with Gasteiger partial charge in [-0.15, -0.1) is 45.3 Å². The van der Waals surface area contributed by atoms with Gasteiger partial charge in [0.05, 0.1) is 32.3 Å². The molecule has 0 radical (unpaired) electrons. The molecule has 0 spiro atoms. The predicted molar refractivity (Wildman–Crippen MR) is 175 cm³/mol. The van der Waals surface area contributed by atoms with Crippen LogP contribution in [0.3, 0.4) is 0 Å². The molecule has 6 heterocycles. The number of carbonyl (C=O) groups is 2. The van der Waals surface area contributed by atoms with Gasteiger partial charge in [-0.2, -0.15) is 0 Å². The third kappa shape index (κ3) is 3.80. The van der Waals surface area contributed by atoms with Crippen LogP contribution in [0.5, 0.6) is 0 Å². The van der Waals surface area contributed by atoms with Gasteiger partial charge in [0.1, 0.15) is 0 Å². The van der Waals surface area contributed by atoms with Crippen molar-refractivity contribution in [2.24, 2.45) is 0 Å². The Morgan fingerprint density at radius 3 is 1.73 bits per heavy atom. The Kier molecular flexibility index (Phi) is 6.21. The Balaban J connectivity index is 0.00000276. The molecule has 0 atom stereocenters. The zero-order valence-electron chi connectivity index (χ0n) is 22.6. The molecular weight excluding hydrogens is 585 g/mol. The second kappa shape index (κ2) is 9.49. The monoisotopic (exact) mass is 614 g/mol. The van der Waals surface area contributed by atoms with Crippen LogP contribution in [0.4, 0.5) is 0 Å². The number of hydrogen-bond donors (Lipinski definition) is 0. The largest absolute Gasteiger partial charge is 0.309 e. The molecule has 8 rings (SSSR count). The molecule has 0 N–H and O–H groups in total. The fraction of sp³-hybridized carbons (Fsp3) is 0.273. The van der Waals surface area contributed by atoms with Crippen LogP contribution in [0.25, 0.3) is 32.3 Å². The molecule has 2 aliphatic heterocycles. The lowest BCUT2D eigenvalue weighted by molar-refractivity contribution is -0.123. The summed E-state index contributed by atoms with van der Waals surface area (Å²) in [6.45, 7) is 4.26. The van der Waals surface area contributed by atoms with Crippen molar-refractivity contribution < 1.29 is 9.59 Å². The van der Waals surface area contributed by atoms with Crippen molar-refractivity contribution in [3.63, 3.8) is 0 Å². The molecule has 0 fully saturated rings. The number of aryl methyl sites for hydroxylation is 4. The van der Waals surface area contributed by atoms with E-state index in [0.29, 0.717) is 11.1 Å². The minimum absolute atomic E-state index is 0. The van der Waals surface area contributed by atoms with Crippen LogP contribution < -0.4 is 0 Å². The zero-order valence-corrected chi connectivity index (χ0v) is 25.9. The van der Waals surface area contributed by atoms with Crippen molar-refractivity contribution >= 4 is 79.7 Å². The summed E-state index contributed by atoms with van der Waals surface area (Å²) in [5.41, 5.74) is 8.65. The summed E-state index contributed by atoms with van der Waals surface area (Å²) < 4.78 is 0. The van der Waals surface area contributed by atoms with Gasteiger partial charge in [0.25, 0.3) is 11.8 Å². The van der Waals surface area contributed by atoms with Gasteiger partial charge in [-0.1, -0.05) is 7.43 Å². The summed E-state index contributed by atoms with van der Waals surface area (Å²) in [6, 6.07) is 13.0. The van der Waals surface area contributed by atoms with Crippen LogP contribution in [-0.2, 0) is 22.4 Å².